The maximum absolute atomic E-state index is 14.5. The Bertz CT molecular complexity index is 1090. The van der Waals surface area contributed by atoms with Crippen molar-refractivity contribution in [3.63, 3.8) is 0 Å². The number of nitrogens with one attached hydrogen (secondary N) is 2. The molecule has 1 aliphatic rings. The molecule has 0 unspecified atom stereocenters. The standard InChI is InChI=1S/C21H23ClFN5O2/c1-3-30-20(29)21(2)6-4-5-13(8-21)27-19-16(23)11-26-18(28-19)15-10-25-17-14(15)7-12(22)9-24-17/h7,9-11,13H,3-6,8H2,1-2H3,(H,24,25)(H,26,27,28)/t13-,21+/m0/s1. The number of rotatable bonds is 5. The lowest BCUT2D eigenvalue weighted by molar-refractivity contribution is -0.156. The molecule has 158 valence electrons. The summed E-state index contributed by atoms with van der Waals surface area (Å²) in [4.78, 5) is 28.2. The molecule has 0 radical (unpaired) electrons. The predicted molar refractivity (Wildman–Crippen MR) is 113 cm³/mol. The van der Waals surface area contributed by atoms with Gasteiger partial charge in [-0.25, -0.2) is 19.3 Å². The van der Waals surface area contributed by atoms with Crippen molar-refractivity contribution in [2.75, 3.05) is 11.9 Å². The van der Waals surface area contributed by atoms with Crippen LogP contribution in [0.15, 0.2) is 24.7 Å². The summed E-state index contributed by atoms with van der Waals surface area (Å²) in [5.74, 6) is -0.276. The summed E-state index contributed by atoms with van der Waals surface area (Å²) in [7, 11) is 0. The normalized spacial score (nSPS) is 21.5. The molecule has 3 heterocycles. The summed E-state index contributed by atoms with van der Waals surface area (Å²) in [6, 6.07) is 1.67. The van der Waals surface area contributed by atoms with E-state index < -0.39 is 11.2 Å². The number of hydrogen-bond donors (Lipinski definition) is 2. The quantitative estimate of drug-likeness (QED) is 0.567. The SMILES string of the molecule is CCOC(=O)[C@]1(C)CCC[C@H](Nc2nc(-c3c[nH]c4ncc(Cl)cc34)ncc2F)C1. The number of halogens is 2. The van der Waals surface area contributed by atoms with E-state index in [1.807, 2.05) is 6.92 Å². The summed E-state index contributed by atoms with van der Waals surface area (Å²) in [6.45, 7) is 4.05. The van der Waals surface area contributed by atoms with Crippen molar-refractivity contribution in [1.82, 2.24) is 19.9 Å². The number of aromatic nitrogens is 4. The third-order valence-electron chi connectivity index (χ3n) is 5.57. The Labute approximate surface area is 178 Å². The van der Waals surface area contributed by atoms with Crippen LogP contribution in [0.4, 0.5) is 10.2 Å². The molecule has 1 aliphatic carbocycles. The van der Waals surface area contributed by atoms with Crippen LogP contribution in [0.1, 0.15) is 39.5 Å². The van der Waals surface area contributed by atoms with Crippen LogP contribution in [0, 0.1) is 11.2 Å². The molecule has 0 aliphatic heterocycles. The lowest BCUT2D eigenvalue weighted by Crippen LogP contribution is -2.40. The fourth-order valence-electron chi connectivity index (χ4n) is 4.05. The van der Waals surface area contributed by atoms with Crippen LogP contribution < -0.4 is 5.32 Å². The molecule has 9 heteroatoms. The van der Waals surface area contributed by atoms with Gasteiger partial charge in [0.05, 0.1) is 23.2 Å². The van der Waals surface area contributed by atoms with Crippen LogP contribution in [0.3, 0.4) is 0 Å². The van der Waals surface area contributed by atoms with E-state index in [0.29, 0.717) is 35.1 Å². The zero-order valence-corrected chi connectivity index (χ0v) is 17.6. The van der Waals surface area contributed by atoms with Crippen LogP contribution in [-0.2, 0) is 9.53 Å². The molecule has 3 aromatic rings. The number of hydrogen-bond acceptors (Lipinski definition) is 6. The zero-order valence-electron chi connectivity index (χ0n) is 16.8. The van der Waals surface area contributed by atoms with E-state index in [1.54, 1.807) is 25.4 Å². The van der Waals surface area contributed by atoms with Gasteiger partial charge in [-0.15, -0.1) is 0 Å². The van der Waals surface area contributed by atoms with E-state index in [0.717, 1.165) is 30.8 Å². The molecule has 0 aromatic carbocycles. The largest absolute Gasteiger partial charge is 0.466 e. The minimum atomic E-state index is -0.586. The van der Waals surface area contributed by atoms with E-state index in [-0.39, 0.29) is 17.8 Å². The molecule has 0 amide bonds. The Morgan fingerprint density at radius 3 is 3.07 bits per heavy atom. The van der Waals surface area contributed by atoms with E-state index in [2.05, 4.69) is 25.3 Å². The average molecular weight is 432 g/mol. The Hall–Kier alpha value is -2.74. The molecule has 2 N–H and O–H groups in total. The lowest BCUT2D eigenvalue weighted by atomic mass is 9.73. The van der Waals surface area contributed by atoms with Crippen molar-refractivity contribution in [1.29, 1.82) is 0 Å². The number of ether oxygens (including phenoxy) is 1. The Morgan fingerprint density at radius 2 is 2.27 bits per heavy atom. The molecule has 7 nitrogen and oxygen atoms in total. The van der Waals surface area contributed by atoms with Gasteiger partial charge >= 0.3 is 5.97 Å². The molecule has 2 atom stereocenters. The molecule has 3 aromatic heterocycles. The highest BCUT2D eigenvalue weighted by Crippen LogP contribution is 2.38. The first-order valence-corrected chi connectivity index (χ1v) is 10.4. The van der Waals surface area contributed by atoms with Crippen LogP contribution >= 0.6 is 11.6 Å². The Morgan fingerprint density at radius 1 is 1.43 bits per heavy atom. The first-order chi connectivity index (χ1) is 14.4. The second kappa shape index (κ2) is 8.18. The summed E-state index contributed by atoms with van der Waals surface area (Å²) < 4.78 is 19.7. The van der Waals surface area contributed by atoms with Crippen LogP contribution in [-0.4, -0.2) is 38.6 Å². The van der Waals surface area contributed by atoms with Crippen molar-refractivity contribution >= 4 is 34.4 Å². The number of aromatic amines is 1. The van der Waals surface area contributed by atoms with E-state index in [9.17, 15) is 9.18 Å². The number of H-pyrrole nitrogens is 1. The van der Waals surface area contributed by atoms with E-state index >= 15 is 0 Å². The van der Waals surface area contributed by atoms with Gasteiger partial charge in [-0.2, -0.15) is 0 Å². The highest BCUT2D eigenvalue weighted by Gasteiger charge is 2.40. The first-order valence-electron chi connectivity index (χ1n) is 9.99. The Kier molecular flexibility index (Phi) is 5.60. The van der Waals surface area contributed by atoms with Gasteiger partial charge in [0.25, 0.3) is 0 Å². The lowest BCUT2D eigenvalue weighted by Gasteiger charge is -2.36. The average Bonchev–Trinajstić information content (AvgIpc) is 3.13. The second-order valence-corrected chi connectivity index (χ2v) is 8.30. The molecular formula is C21H23ClFN5O2. The van der Waals surface area contributed by atoms with Gasteiger partial charge in [0.1, 0.15) is 5.65 Å². The molecule has 0 saturated heterocycles. The summed E-state index contributed by atoms with van der Waals surface area (Å²) in [5.41, 5.74) is 0.745. The monoisotopic (exact) mass is 431 g/mol. The topological polar surface area (TPSA) is 92.8 Å². The van der Waals surface area contributed by atoms with Crippen molar-refractivity contribution in [3.05, 3.63) is 35.5 Å². The van der Waals surface area contributed by atoms with Crippen LogP contribution in [0.25, 0.3) is 22.4 Å². The molecular weight excluding hydrogens is 409 g/mol. The highest BCUT2D eigenvalue weighted by molar-refractivity contribution is 6.31. The second-order valence-electron chi connectivity index (χ2n) is 7.86. The number of fused-ring (bicyclic) bond motifs is 1. The molecule has 0 bridgehead atoms. The highest BCUT2D eigenvalue weighted by atomic mass is 35.5. The van der Waals surface area contributed by atoms with Crippen molar-refractivity contribution in [2.24, 2.45) is 5.41 Å². The number of nitrogens with zero attached hydrogens (tertiary/aromatic N) is 3. The minimum Gasteiger partial charge on any atom is -0.466 e. The summed E-state index contributed by atoms with van der Waals surface area (Å²) in [5, 5.41) is 4.42. The maximum Gasteiger partial charge on any atom is 0.311 e. The van der Waals surface area contributed by atoms with Gasteiger partial charge < -0.3 is 15.0 Å². The smallest absolute Gasteiger partial charge is 0.311 e. The van der Waals surface area contributed by atoms with Crippen molar-refractivity contribution in [3.8, 4) is 11.4 Å². The molecule has 1 fully saturated rings. The fraction of sp³-hybridized carbons (Fsp3) is 0.429. The van der Waals surface area contributed by atoms with E-state index in [1.165, 1.54) is 0 Å². The van der Waals surface area contributed by atoms with Gasteiger partial charge in [0.15, 0.2) is 17.5 Å². The van der Waals surface area contributed by atoms with Gasteiger partial charge in [-0.1, -0.05) is 18.0 Å². The zero-order chi connectivity index (χ0) is 21.3. The van der Waals surface area contributed by atoms with Gasteiger partial charge in [0, 0.05) is 29.4 Å². The third-order valence-corrected chi connectivity index (χ3v) is 5.78. The maximum atomic E-state index is 14.5. The fourth-order valence-corrected chi connectivity index (χ4v) is 4.21. The summed E-state index contributed by atoms with van der Waals surface area (Å²) in [6.07, 6.45) is 7.39. The molecule has 0 spiro atoms. The first kappa shape index (κ1) is 20.5. The van der Waals surface area contributed by atoms with Gasteiger partial charge in [-0.05, 0) is 39.2 Å². The molecule has 1 saturated carbocycles. The van der Waals surface area contributed by atoms with Crippen molar-refractivity contribution < 1.29 is 13.9 Å². The minimum absolute atomic E-state index is 0.0931. The van der Waals surface area contributed by atoms with E-state index in [4.69, 9.17) is 16.3 Å². The van der Waals surface area contributed by atoms with Gasteiger partial charge in [-0.3, -0.25) is 4.79 Å². The third kappa shape index (κ3) is 3.96. The number of anilines is 1. The number of pyridine rings is 1. The van der Waals surface area contributed by atoms with Crippen LogP contribution in [0.2, 0.25) is 5.02 Å². The number of carbonyl (C=O) groups is 1. The Balaban J connectivity index is 1.59. The number of carbonyl (C=O) groups excluding carboxylic acids is 1. The van der Waals surface area contributed by atoms with Crippen molar-refractivity contribution in [2.45, 2.75) is 45.6 Å². The molecule has 4 rings (SSSR count). The van der Waals surface area contributed by atoms with Crippen LogP contribution in [0.5, 0.6) is 0 Å². The van der Waals surface area contributed by atoms with Gasteiger partial charge in [0.2, 0.25) is 0 Å². The predicted octanol–water partition coefficient (Wildman–Crippen LogP) is 4.74. The molecule has 30 heavy (non-hydrogen) atoms. The number of esters is 1. The summed E-state index contributed by atoms with van der Waals surface area (Å²) >= 11 is 6.07.